The fourth-order valence-electron chi connectivity index (χ4n) is 4.07. The number of benzene rings is 1. The lowest BCUT2D eigenvalue weighted by atomic mass is 10.0. The minimum Gasteiger partial charge on any atom is -0.483 e. The highest BCUT2D eigenvalue weighted by molar-refractivity contribution is 6.24. The molecule has 2 N–H and O–H groups in total. The summed E-state index contributed by atoms with van der Waals surface area (Å²) in [7, 11) is 0. The lowest BCUT2D eigenvalue weighted by molar-refractivity contribution is -0.136. The van der Waals surface area contributed by atoms with Crippen molar-refractivity contribution in [2.24, 2.45) is 0 Å². The third-order valence-corrected chi connectivity index (χ3v) is 6.03. The number of imide groups is 2. The molecule has 1 fully saturated rings. The van der Waals surface area contributed by atoms with Gasteiger partial charge in [-0.3, -0.25) is 34.2 Å². The number of hydrogen-bond donors (Lipinski definition) is 2. The first kappa shape index (κ1) is 32.6. The molecule has 1 unspecified atom stereocenters. The molecule has 0 aromatic heterocycles. The van der Waals surface area contributed by atoms with Crippen molar-refractivity contribution in [2.45, 2.75) is 18.9 Å². The zero-order valence-corrected chi connectivity index (χ0v) is 23.2. The Balaban J connectivity index is 1.24. The summed E-state index contributed by atoms with van der Waals surface area (Å²) in [6, 6.07) is 3.34. The lowest BCUT2D eigenvalue weighted by Crippen LogP contribution is -2.54. The van der Waals surface area contributed by atoms with Gasteiger partial charge in [0.05, 0.1) is 70.6 Å². The van der Waals surface area contributed by atoms with Gasteiger partial charge in [-0.05, 0) is 18.6 Å². The summed E-state index contributed by atoms with van der Waals surface area (Å²) in [5.41, 5.74) is 0.0429. The first-order valence-corrected chi connectivity index (χ1v) is 13.5. The Hall–Kier alpha value is -3.87. The number of piperidine rings is 1. The van der Waals surface area contributed by atoms with E-state index in [1.165, 1.54) is 18.2 Å². The Morgan fingerprint density at radius 3 is 2.14 bits per heavy atom. The molecule has 0 saturated carbocycles. The number of fused-ring (bicyclic) bond motifs is 1. The van der Waals surface area contributed by atoms with E-state index in [2.05, 4.69) is 16.6 Å². The van der Waals surface area contributed by atoms with Gasteiger partial charge in [0.2, 0.25) is 11.8 Å². The van der Waals surface area contributed by atoms with Crippen molar-refractivity contribution in [3.8, 4) is 18.1 Å². The average molecular weight is 590 g/mol. The molecule has 228 valence electrons. The van der Waals surface area contributed by atoms with Crippen LogP contribution in [0.1, 0.15) is 33.6 Å². The number of carbonyl (C=O) groups is 5. The molecule has 42 heavy (non-hydrogen) atoms. The second kappa shape index (κ2) is 17.8. The Morgan fingerprint density at radius 1 is 0.905 bits per heavy atom. The number of terminal acetylenes is 1. The van der Waals surface area contributed by atoms with E-state index < -0.39 is 42.2 Å². The number of ether oxygens (including phenoxy) is 6. The van der Waals surface area contributed by atoms with Crippen LogP contribution < -0.4 is 15.4 Å². The van der Waals surface area contributed by atoms with Gasteiger partial charge in [-0.2, -0.15) is 0 Å². The van der Waals surface area contributed by atoms with Gasteiger partial charge in [-0.1, -0.05) is 12.0 Å². The molecule has 0 aliphatic carbocycles. The zero-order valence-electron chi connectivity index (χ0n) is 23.2. The molecule has 3 rings (SSSR count). The van der Waals surface area contributed by atoms with Gasteiger partial charge in [-0.15, -0.1) is 6.42 Å². The maximum absolute atomic E-state index is 13.1. The van der Waals surface area contributed by atoms with Gasteiger partial charge in [0.1, 0.15) is 18.4 Å². The normalized spacial score (nSPS) is 16.3. The maximum atomic E-state index is 13.1. The molecule has 1 aromatic carbocycles. The van der Waals surface area contributed by atoms with Crippen molar-refractivity contribution in [2.75, 3.05) is 79.2 Å². The molecule has 1 aromatic rings. The van der Waals surface area contributed by atoms with E-state index in [9.17, 15) is 24.0 Å². The molecule has 1 atom stereocenters. The van der Waals surface area contributed by atoms with Crippen LogP contribution >= 0.6 is 0 Å². The van der Waals surface area contributed by atoms with Crippen LogP contribution in [-0.2, 0) is 38.1 Å². The second-order valence-corrected chi connectivity index (χ2v) is 8.97. The molecule has 14 nitrogen and oxygen atoms in total. The number of carbonyl (C=O) groups excluding carboxylic acids is 5. The molecular weight excluding hydrogens is 554 g/mol. The van der Waals surface area contributed by atoms with Crippen molar-refractivity contribution < 1.29 is 52.4 Å². The predicted molar refractivity (Wildman–Crippen MR) is 145 cm³/mol. The van der Waals surface area contributed by atoms with E-state index in [1.54, 1.807) is 0 Å². The van der Waals surface area contributed by atoms with Gasteiger partial charge < -0.3 is 33.7 Å². The second-order valence-electron chi connectivity index (χ2n) is 8.97. The smallest absolute Gasteiger partial charge is 0.266 e. The largest absolute Gasteiger partial charge is 0.483 e. The van der Waals surface area contributed by atoms with E-state index in [-0.39, 0.29) is 49.5 Å². The summed E-state index contributed by atoms with van der Waals surface area (Å²) in [5.74, 6) is -0.564. The zero-order chi connectivity index (χ0) is 30.2. The van der Waals surface area contributed by atoms with Crippen molar-refractivity contribution in [3.63, 3.8) is 0 Å². The van der Waals surface area contributed by atoms with Crippen molar-refractivity contribution >= 4 is 29.5 Å². The van der Waals surface area contributed by atoms with E-state index >= 15 is 0 Å². The van der Waals surface area contributed by atoms with Crippen LogP contribution in [0.15, 0.2) is 18.2 Å². The third-order valence-electron chi connectivity index (χ3n) is 6.03. The Bertz CT molecular complexity index is 1150. The Morgan fingerprint density at radius 2 is 1.52 bits per heavy atom. The molecule has 2 heterocycles. The van der Waals surface area contributed by atoms with Crippen LogP contribution in [0, 0.1) is 12.3 Å². The predicted octanol–water partition coefficient (Wildman–Crippen LogP) is -0.701. The highest BCUT2D eigenvalue weighted by Crippen LogP contribution is 2.33. The van der Waals surface area contributed by atoms with Crippen molar-refractivity contribution in [1.82, 2.24) is 15.5 Å². The van der Waals surface area contributed by atoms with Crippen LogP contribution in [0.2, 0.25) is 0 Å². The monoisotopic (exact) mass is 589 g/mol. The van der Waals surface area contributed by atoms with Crippen LogP contribution in [0.25, 0.3) is 0 Å². The SMILES string of the molecule is C#CCOCCOCCOCCOCCOCCNC(=O)COc1cccc2c1C(=O)N(C1CCC(=O)NC1=O)C2=O. The summed E-state index contributed by atoms with van der Waals surface area (Å²) in [6.07, 6.45) is 5.12. The highest BCUT2D eigenvalue weighted by Gasteiger charge is 2.46. The number of amides is 5. The quantitative estimate of drug-likeness (QED) is 0.112. The van der Waals surface area contributed by atoms with Gasteiger partial charge >= 0.3 is 0 Å². The summed E-state index contributed by atoms with van der Waals surface area (Å²) < 4.78 is 32.1. The summed E-state index contributed by atoms with van der Waals surface area (Å²) >= 11 is 0. The van der Waals surface area contributed by atoms with E-state index in [4.69, 9.17) is 34.8 Å². The summed E-state index contributed by atoms with van der Waals surface area (Å²) in [6.45, 7) is 3.68. The number of rotatable bonds is 20. The van der Waals surface area contributed by atoms with Gasteiger partial charge in [0.15, 0.2) is 6.61 Å². The fraction of sp³-hybridized carbons (Fsp3) is 0.536. The molecule has 0 spiro atoms. The van der Waals surface area contributed by atoms with Gasteiger partial charge in [0.25, 0.3) is 17.7 Å². The minimum absolute atomic E-state index is 0.0158. The van der Waals surface area contributed by atoms with Crippen molar-refractivity contribution in [1.29, 1.82) is 0 Å². The first-order valence-electron chi connectivity index (χ1n) is 13.5. The van der Waals surface area contributed by atoms with E-state index in [1.807, 2.05) is 0 Å². The standard InChI is InChI=1S/C28H35N3O11/c1-2-9-37-11-13-39-15-17-41-18-16-40-14-12-38-10-8-29-24(33)19-42-22-5-3-4-20-25(22)28(36)31(27(20)35)21-6-7-23(32)30-26(21)34/h1,3-5,21H,6-19H2,(H,29,33)(H,30,32,34). The van der Waals surface area contributed by atoms with Crippen LogP contribution in [0.3, 0.4) is 0 Å². The Labute approximate surface area is 243 Å². The minimum atomic E-state index is -1.09. The third kappa shape index (κ3) is 9.89. The molecule has 0 radical (unpaired) electrons. The van der Waals surface area contributed by atoms with Gasteiger partial charge in [0, 0.05) is 13.0 Å². The molecule has 14 heteroatoms. The van der Waals surface area contributed by atoms with Crippen molar-refractivity contribution in [3.05, 3.63) is 29.3 Å². The first-order chi connectivity index (χ1) is 20.4. The molecule has 2 aliphatic heterocycles. The van der Waals surface area contributed by atoms with Crippen LogP contribution in [0.5, 0.6) is 5.75 Å². The van der Waals surface area contributed by atoms with Gasteiger partial charge in [-0.25, -0.2) is 0 Å². The Kier molecular flexibility index (Phi) is 13.9. The molecule has 5 amide bonds. The molecule has 0 bridgehead atoms. The summed E-state index contributed by atoms with van der Waals surface area (Å²) in [4.78, 5) is 62.7. The molecule has 1 saturated heterocycles. The van der Waals surface area contributed by atoms with E-state index in [0.29, 0.717) is 52.9 Å². The van der Waals surface area contributed by atoms with Crippen LogP contribution in [0.4, 0.5) is 0 Å². The average Bonchev–Trinajstić information content (AvgIpc) is 3.23. The summed E-state index contributed by atoms with van der Waals surface area (Å²) in [5, 5.41) is 4.78. The topological polar surface area (TPSA) is 168 Å². The molecular formula is C28H35N3O11. The maximum Gasteiger partial charge on any atom is 0.266 e. The van der Waals surface area contributed by atoms with E-state index in [0.717, 1.165) is 4.90 Å². The van der Waals surface area contributed by atoms with Crippen LogP contribution in [-0.4, -0.2) is 120 Å². The number of nitrogens with zero attached hydrogens (tertiary/aromatic N) is 1. The molecule has 2 aliphatic rings. The lowest BCUT2D eigenvalue weighted by Gasteiger charge is -2.27. The highest BCUT2D eigenvalue weighted by atomic mass is 16.6. The fourth-order valence-corrected chi connectivity index (χ4v) is 4.07. The number of hydrogen-bond acceptors (Lipinski definition) is 11. The number of nitrogens with one attached hydrogen (secondary N) is 2.